The summed E-state index contributed by atoms with van der Waals surface area (Å²) in [5, 5.41) is 23.1. The smallest absolute Gasteiger partial charge is 0.309 e. The summed E-state index contributed by atoms with van der Waals surface area (Å²) in [5.74, 6) is 0.902. The fraction of sp³-hybridized carbons (Fsp3) is 0.390. The predicted octanol–water partition coefficient (Wildman–Crippen LogP) is 8.35. The largest absolute Gasteiger partial charge is 0.481 e. The van der Waals surface area contributed by atoms with Crippen LogP contribution >= 0.6 is 23.2 Å². The fourth-order valence-corrected chi connectivity index (χ4v) is 8.09. The van der Waals surface area contributed by atoms with Crippen molar-refractivity contribution in [3.63, 3.8) is 0 Å². The molecule has 2 saturated carbocycles. The van der Waals surface area contributed by atoms with Crippen LogP contribution in [-0.2, 0) is 29.0 Å². The number of Topliss-reactive ketones (excluding diaryl/α,β-unsaturated/α-hetero) is 1. The zero-order valence-electron chi connectivity index (χ0n) is 29.4. The molecule has 0 unspecified atom stereocenters. The molecule has 4 aromatic rings. The van der Waals surface area contributed by atoms with Gasteiger partial charge in [-0.3, -0.25) is 9.59 Å². The summed E-state index contributed by atoms with van der Waals surface area (Å²) < 4.78 is 17.8. The Hall–Kier alpha value is -4.69. The molecule has 3 aliphatic rings. The van der Waals surface area contributed by atoms with E-state index in [0.29, 0.717) is 90.7 Å². The van der Waals surface area contributed by atoms with Gasteiger partial charge in [0.1, 0.15) is 23.0 Å². The van der Waals surface area contributed by atoms with E-state index >= 15 is 0 Å². The van der Waals surface area contributed by atoms with Gasteiger partial charge in [0.05, 0.1) is 23.2 Å². The highest BCUT2D eigenvalue weighted by atomic mass is 35.5. The highest BCUT2D eigenvalue weighted by molar-refractivity contribution is 6.36. The van der Waals surface area contributed by atoms with E-state index in [1.807, 2.05) is 48.5 Å². The molecule has 0 bridgehead atoms. The van der Waals surface area contributed by atoms with Gasteiger partial charge in [0, 0.05) is 41.6 Å². The Balaban J connectivity index is 1.10. The minimum atomic E-state index is -0.761. The molecule has 10 nitrogen and oxygen atoms in total. The summed E-state index contributed by atoms with van der Waals surface area (Å²) in [6, 6.07) is 19.6. The maximum atomic E-state index is 11.7. The maximum absolute atomic E-state index is 11.7. The number of carbonyl (C=O) groups is 2. The molecule has 3 aliphatic carbocycles. The number of ketones is 1. The number of methoxy groups -OCH3 is 1. The van der Waals surface area contributed by atoms with Crippen LogP contribution in [0.15, 0.2) is 54.6 Å². The van der Waals surface area contributed by atoms with E-state index in [0.717, 1.165) is 58.3 Å². The predicted molar refractivity (Wildman–Crippen MR) is 200 cm³/mol. The average Bonchev–Trinajstić information content (AvgIpc) is 3.69. The van der Waals surface area contributed by atoms with Gasteiger partial charge in [0.15, 0.2) is 6.61 Å². The van der Waals surface area contributed by atoms with Gasteiger partial charge in [-0.05, 0) is 86.2 Å². The van der Waals surface area contributed by atoms with Gasteiger partial charge in [-0.15, -0.1) is 0 Å². The van der Waals surface area contributed by atoms with Crippen LogP contribution in [0.25, 0.3) is 22.4 Å². The first kappa shape index (κ1) is 36.7. The molecule has 0 saturated heterocycles. The number of carboxylic acids is 1. The zero-order valence-corrected chi connectivity index (χ0v) is 30.9. The normalized spacial score (nSPS) is 18.3. The van der Waals surface area contributed by atoms with Crippen LogP contribution in [0.5, 0.6) is 17.6 Å². The van der Waals surface area contributed by atoms with Crippen molar-refractivity contribution in [1.82, 2.24) is 15.3 Å². The van der Waals surface area contributed by atoms with Crippen LogP contribution in [0.4, 0.5) is 0 Å². The second-order valence-corrected chi connectivity index (χ2v) is 14.9. The van der Waals surface area contributed by atoms with Crippen molar-refractivity contribution in [3.05, 3.63) is 86.9 Å². The molecule has 0 aliphatic heterocycles. The zero-order chi connectivity index (χ0) is 37.1. The molecule has 53 heavy (non-hydrogen) atoms. The van der Waals surface area contributed by atoms with Crippen LogP contribution in [0.3, 0.4) is 0 Å². The molecule has 2 aromatic heterocycles. The first-order chi connectivity index (χ1) is 25.7. The molecule has 2 heterocycles. The number of aromatic nitrogens is 2. The number of nitriles is 1. The third-order valence-electron chi connectivity index (χ3n) is 10.7. The van der Waals surface area contributed by atoms with Gasteiger partial charge < -0.3 is 24.6 Å². The van der Waals surface area contributed by atoms with Crippen LogP contribution in [0.2, 0.25) is 10.0 Å². The number of nitrogens with one attached hydrogen (secondary N) is 1. The maximum Gasteiger partial charge on any atom is 0.309 e. The SMILES string of the molecule is COc1nc(O[C@H]2CCc3c(-c4cccc(-c5ccc(CNC[C@@H]6CCC(=O)C6)c(OCC#N)n5)c4Cl)cccc32)c(Cl)cc1CCC1(C(=O)O)CC1. The number of nitrogens with zero attached hydrogens (tertiary/aromatic N) is 3. The summed E-state index contributed by atoms with van der Waals surface area (Å²) in [7, 11) is 1.53. The molecule has 2 fully saturated rings. The topological polar surface area (TPSA) is 144 Å². The molecule has 0 spiro atoms. The Morgan fingerprint density at radius 3 is 2.53 bits per heavy atom. The summed E-state index contributed by atoms with van der Waals surface area (Å²) >= 11 is 13.9. The van der Waals surface area contributed by atoms with E-state index in [1.54, 1.807) is 6.07 Å². The Kier molecular flexibility index (Phi) is 10.9. The van der Waals surface area contributed by atoms with Gasteiger partial charge in [0.2, 0.25) is 17.6 Å². The highest BCUT2D eigenvalue weighted by Crippen LogP contribution is 2.50. The molecule has 12 heteroatoms. The number of carbonyl (C=O) groups excluding carboxylic acids is 1. The lowest BCUT2D eigenvalue weighted by atomic mass is 9.94. The summed E-state index contributed by atoms with van der Waals surface area (Å²) in [6.45, 7) is 1.09. The molecular formula is C41H40Cl2N4O6. The summed E-state index contributed by atoms with van der Waals surface area (Å²) in [6.07, 6.45) is 5.68. The number of ether oxygens (including phenoxy) is 3. The molecule has 7 rings (SSSR count). The molecule has 0 amide bonds. The standard InChI is InChI=1S/C41H40Cl2N4O6/c1-51-37-25(14-15-41(16-17-41)40(49)50)21-33(42)39(47-37)53-35-13-11-29-28(4-2-5-30(29)35)31-6-3-7-32(36(31)43)34-12-9-26(38(46-34)52-19-18-44)23-45-22-24-8-10-27(48)20-24/h2-7,9,12,21,24,35,45H,8,10-11,13-17,19-20,22-23H2,1H3,(H,49,50)/t24-,35+/m1/s1. The van der Waals surface area contributed by atoms with Crippen molar-refractivity contribution in [2.45, 2.75) is 70.4 Å². The lowest BCUT2D eigenvalue weighted by molar-refractivity contribution is -0.143. The van der Waals surface area contributed by atoms with Crippen LogP contribution in [-0.4, -0.2) is 47.1 Å². The van der Waals surface area contributed by atoms with Crippen molar-refractivity contribution in [2.24, 2.45) is 11.3 Å². The van der Waals surface area contributed by atoms with Gasteiger partial charge in [-0.2, -0.15) is 10.2 Å². The number of halogens is 2. The van der Waals surface area contributed by atoms with Crippen molar-refractivity contribution in [3.8, 4) is 46.1 Å². The number of carboxylic acid groups (broad SMARTS) is 1. The lowest BCUT2D eigenvalue weighted by Crippen LogP contribution is -2.21. The Bertz CT molecular complexity index is 2100. The van der Waals surface area contributed by atoms with Crippen molar-refractivity contribution < 1.29 is 28.9 Å². The van der Waals surface area contributed by atoms with Crippen LogP contribution < -0.4 is 19.5 Å². The van der Waals surface area contributed by atoms with Gasteiger partial charge in [0.25, 0.3) is 0 Å². The molecule has 2 atom stereocenters. The highest BCUT2D eigenvalue weighted by Gasteiger charge is 2.49. The van der Waals surface area contributed by atoms with E-state index in [-0.39, 0.29) is 18.6 Å². The van der Waals surface area contributed by atoms with E-state index in [9.17, 15) is 20.0 Å². The average molecular weight is 756 g/mol. The summed E-state index contributed by atoms with van der Waals surface area (Å²) in [5.41, 5.74) is 6.26. The Morgan fingerprint density at radius 2 is 1.79 bits per heavy atom. The van der Waals surface area contributed by atoms with Crippen molar-refractivity contribution in [2.75, 3.05) is 20.3 Å². The molecule has 0 radical (unpaired) electrons. The Labute approximate surface area is 318 Å². The van der Waals surface area contributed by atoms with Crippen LogP contribution in [0.1, 0.15) is 73.3 Å². The third kappa shape index (κ3) is 7.84. The van der Waals surface area contributed by atoms with E-state index in [2.05, 4.69) is 16.4 Å². The second kappa shape index (κ2) is 15.7. The van der Waals surface area contributed by atoms with Crippen LogP contribution in [0, 0.1) is 22.7 Å². The monoisotopic (exact) mass is 754 g/mol. The molecule has 274 valence electrons. The number of rotatable bonds is 15. The fourth-order valence-electron chi connectivity index (χ4n) is 7.55. The number of hydrogen-bond donors (Lipinski definition) is 2. The number of fused-ring (bicyclic) bond motifs is 1. The van der Waals surface area contributed by atoms with Gasteiger partial charge >= 0.3 is 5.97 Å². The van der Waals surface area contributed by atoms with Crippen molar-refractivity contribution in [1.29, 1.82) is 5.26 Å². The second-order valence-electron chi connectivity index (χ2n) is 14.1. The van der Waals surface area contributed by atoms with Gasteiger partial charge in [-0.25, -0.2) is 4.98 Å². The lowest BCUT2D eigenvalue weighted by Gasteiger charge is -2.18. The molecule has 2 N–H and O–H groups in total. The van der Waals surface area contributed by atoms with Crippen molar-refractivity contribution >= 4 is 35.0 Å². The number of benzene rings is 2. The molecule has 2 aromatic carbocycles. The summed E-state index contributed by atoms with van der Waals surface area (Å²) in [4.78, 5) is 32.8. The number of aliphatic carboxylic acids is 1. The Morgan fingerprint density at radius 1 is 1.00 bits per heavy atom. The third-order valence-corrected chi connectivity index (χ3v) is 11.4. The minimum Gasteiger partial charge on any atom is -0.481 e. The number of hydrogen-bond acceptors (Lipinski definition) is 9. The van der Waals surface area contributed by atoms with E-state index in [1.165, 1.54) is 7.11 Å². The first-order valence-corrected chi connectivity index (χ1v) is 18.7. The first-order valence-electron chi connectivity index (χ1n) is 18.0. The number of aryl methyl sites for hydroxylation is 1. The van der Waals surface area contributed by atoms with E-state index < -0.39 is 11.4 Å². The quantitative estimate of drug-likeness (QED) is 0.122. The number of pyridine rings is 2. The van der Waals surface area contributed by atoms with Gasteiger partial charge in [-0.1, -0.05) is 65.7 Å². The minimum absolute atomic E-state index is 0.140. The molecular weight excluding hydrogens is 715 g/mol. The van der Waals surface area contributed by atoms with E-state index in [4.69, 9.17) is 42.4 Å².